The van der Waals surface area contributed by atoms with Crippen LogP contribution in [-0.4, -0.2) is 62.5 Å². The zero-order valence-corrected chi connectivity index (χ0v) is 22.1. The Kier molecular flexibility index (Phi) is 6.78. The molecular formula is C29H28N2O6S. The van der Waals surface area contributed by atoms with Crippen molar-refractivity contribution in [3.8, 4) is 33.6 Å². The first-order valence-corrected chi connectivity index (χ1v) is 13.4. The lowest BCUT2D eigenvalue weighted by molar-refractivity contribution is 0.0726. The van der Waals surface area contributed by atoms with Gasteiger partial charge in [-0.2, -0.15) is 0 Å². The van der Waals surface area contributed by atoms with Gasteiger partial charge in [0.2, 0.25) is 0 Å². The molecule has 0 spiro atoms. The number of aromatic nitrogens is 1. The lowest BCUT2D eigenvalue weighted by Gasteiger charge is -2.23. The van der Waals surface area contributed by atoms with Crippen LogP contribution in [0.3, 0.4) is 0 Å². The van der Waals surface area contributed by atoms with Crippen molar-refractivity contribution in [1.82, 2.24) is 9.88 Å². The van der Waals surface area contributed by atoms with Gasteiger partial charge < -0.3 is 28.6 Å². The summed E-state index contributed by atoms with van der Waals surface area (Å²) < 4.78 is 30.3. The Hall–Kier alpha value is -3.82. The zero-order chi connectivity index (χ0) is 26.1. The van der Waals surface area contributed by atoms with Crippen molar-refractivity contribution in [3.05, 3.63) is 65.7 Å². The van der Waals surface area contributed by atoms with E-state index in [4.69, 9.17) is 28.7 Å². The number of rotatable bonds is 6. The molecule has 2 aliphatic rings. The maximum absolute atomic E-state index is 13.8. The number of hydrogen-bond donors (Lipinski definition) is 0. The van der Waals surface area contributed by atoms with Crippen LogP contribution >= 0.6 is 11.3 Å². The fourth-order valence-corrected chi connectivity index (χ4v) is 5.82. The number of benzene rings is 3. The lowest BCUT2D eigenvalue weighted by atomic mass is 10.1. The van der Waals surface area contributed by atoms with Gasteiger partial charge in [-0.15, -0.1) is 11.3 Å². The summed E-state index contributed by atoms with van der Waals surface area (Å²) >= 11 is 1.63. The van der Waals surface area contributed by atoms with E-state index in [-0.39, 0.29) is 12.0 Å². The molecule has 38 heavy (non-hydrogen) atoms. The van der Waals surface area contributed by atoms with E-state index in [0.29, 0.717) is 61.5 Å². The molecule has 1 fully saturated rings. The number of hydrogen-bond acceptors (Lipinski definition) is 8. The molecule has 6 rings (SSSR count). The molecule has 0 aliphatic carbocycles. The fraction of sp³-hybridized carbons (Fsp3) is 0.310. The van der Waals surface area contributed by atoms with E-state index in [2.05, 4.69) is 12.1 Å². The fourth-order valence-electron chi connectivity index (χ4n) is 4.87. The van der Waals surface area contributed by atoms with Crippen LogP contribution in [0.4, 0.5) is 0 Å². The van der Waals surface area contributed by atoms with Gasteiger partial charge >= 0.3 is 0 Å². The standard InChI is InChI=1S/C29H28N2O6S/c1-33-22-7-5-8-23(34-2)26(22)29(32)31-11-13-36-27-19(16-31)14-18(15-24(27)37-20-10-12-35-17-20)28-30-21-6-3-4-9-25(21)38-28/h3-9,14-15,20H,10-13,16-17H2,1-2H3/t20-/m1/s1. The number of nitrogens with zero attached hydrogens (tertiary/aromatic N) is 2. The van der Waals surface area contributed by atoms with Crippen molar-refractivity contribution < 1.29 is 28.5 Å². The highest BCUT2D eigenvalue weighted by Crippen LogP contribution is 2.42. The van der Waals surface area contributed by atoms with E-state index in [1.165, 1.54) is 0 Å². The molecule has 2 aliphatic heterocycles. The number of para-hydroxylation sites is 1. The smallest absolute Gasteiger partial charge is 0.261 e. The molecule has 0 bridgehead atoms. The van der Waals surface area contributed by atoms with Crippen LogP contribution in [0.2, 0.25) is 0 Å². The van der Waals surface area contributed by atoms with Crippen LogP contribution in [0.25, 0.3) is 20.8 Å². The monoisotopic (exact) mass is 532 g/mol. The Bertz CT molecular complexity index is 1420. The number of ether oxygens (including phenoxy) is 5. The highest BCUT2D eigenvalue weighted by Gasteiger charge is 2.29. The van der Waals surface area contributed by atoms with Crippen LogP contribution < -0.4 is 18.9 Å². The van der Waals surface area contributed by atoms with E-state index < -0.39 is 0 Å². The van der Waals surface area contributed by atoms with Gasteiger partial charge in [0.15, 0.2) is 11.5 Å². The molecule has 1 aromatic heterocycles. The second-order valence-corrected chi connectivity index (χ2v) is 10.2. The van der Waals surface area contributed by atoms with Gasteiger partial charge in [-0.1, -0.05) is 18.2 Å². The average Bonchev–Trinajstić information content (AvgIpc) is 3.57. The first-order chi connectivity index (χ1) is 18.6. The Labute approximate surface area is 224 Å². The third-order valence-electron chi connectivity index (χ3n) is 6.75. The highest BCUT2D eigenvalue weighted by molar-refractivity contribution is 7.21. The van der Waals surface area contributed by atoms with Gasteiger partial charge in [-0.3, -0.25) is 4.79 Å². The van der Waals surface area contributed by atoms with Crippen molar-refractivity contribution in [1.29, 1.82) is 0 Å². The lowest BCUT2D eigenvalue weighted by Crippen LogP contribution is -2.33. The van der Waals surface area contributed by atoms with Crippen LogP contribution in [0.5, 0.6) is 23.0 Å². The van der Waals surface area contributed by atoms with E-state index >= 15 is 0 Å². The van der Waals surface area contributed by atoms with Crippen molar-refractivity contribution in [2.24, 2.45) is 0 Å². The van der Waals surface area contributed by atoms with Crippen LogP contribution in [0.15, 0.2) is 54.6 Å². The molecule has 1 amide bonds. The highest BCUT2D eigenvalue weighted by atomic mass is 32.1. The van der Waals surface area contributed by atoms with Crippen LogP contribution in [-0.2, 0) is 11.3 Å². The summed E-state index contributed by atoms with van der Waals surface area (Å²) in [4.78, 5) is 20.4. The Morgan fingerprint density at radius 1 is 1.03 bits per heavy atom. The maximum atomic E-state index is 13.8. The number of carbonyl (C=O) groups excluding carboxylic acids is 1. The van der Waals surface area contributed by atoms with Crippen LogP contribution in [0, 0.1) is 0 Å². The van der Waals surface area contributed by atoms with Crippen molar-refractivity contribution in [2.75, 3.05) is 40.6 Å². The summed E-state index contributed by atoms with van der Waals surface area (Å²) in [5.41, 5.74) is 3.12. The molecular weight excluding hydrogens is 504 g/mol. The molecule has 0 unspecified atom stereocenters. The minimum absolute atomic E-state index is 0.0489. The number of carbonyl (C=O) groups is 1. The second kappa shape index (κ2) is 10.5. The topological polar surface area (TPSA) is 79.4 Å². The van der Waals surface area contributed by atoms with Gasteiger partial charge in [-0.25, -0.2) is 4.98 Å². The predicted molar refractivity (Wildman–Crippen MR) is 145 cm³/mol. The molecule has 8 nitrogen and oxygen atoms in total. The molecule has 4 aromatic rings. The zero-order valence-electron chi connectivity index (χ0n) is 21.3. The maximum Gasteiger partial charge on any atom is 0.261 e. The SMILES string of the molecule is COc1cccc(OC)c1C(=O)N1CCOc2c(cc(-c3nc4ccccc4s3)cc2O[C@@H]2CCOC2)C1. The Balaban J connectivity index is 1.41. The van der Waals surface area contributed by atoms with Gasteiger partial charge in [0, 0.05) is 24.1 Å². The van der Waals surface area contributed by atoms with E-state index in [0.717, 1.165) is 32.8 Å². The predicted octanol–water partition coefficient (Wildman–Crippen LogP) is 5.18. The number of thiazole rings is 1. The molecule has 1 atom stereocenters. The molecule has 3 aromatic carbocycles. The Morgan fingerprint density at radius 3 is 2.58 bits per heavy atom. The summed E-state index contributed by atoms with van der Waals surface area (Å²) in [6, 6.07) is 17.5. The third-order valence-corrected chi connectivity index (χ3v) is 7.84. The van der Waals surface area contributed by atoms with Gasteiger partial charge in [0.1, 0.15) is 34.8 Å². The molecule has 9 heteroatoms. The summed E-state index contributed by atoms with van der Waals surface area (Å²) in [6.07, 6.45) is 0.769. The quantitative estimate of drug-likeness (QED) is 0.338. The first kappa shape index (κ1) is 24.5. The molecule has 0 radical (unpaired) electrons. The summed E-state index contributed by atoms with van der Waals surface area (Å²) in [6.45, 7) is 2.28. The summed E-state index contributed by atoms with van der Waals surface area (Å²) in [5, 5.41) is 0.884. The first-order valence-electron chi connectivity index (χ1n) is 12.5. The van der Waals surface area contributed by atoms with Gasteiger partial charge in [-0.05, 0) is 36.4 Å². The van der Waals surface area contributed by atoms with Crippen molar-refractivity contribution >= 4 is 27.5 Å². The van der Waals surface area contributed by atoms with E-state index in [1.807, 2.05) is 24.3 Å². The second-order valence-electron chi connectivity index (χ2n) is 9.17. The van der Waals surface area contributed by atoms with Crippen molar-refractivity contribution in [2.45, 2.75) is 19.1 Å². The Morgan fingerprint density at radius 2 is 1.84 bits per heavy atom. The minimum atomic E-state index is -0.187. The van der Waals surface area contributed by atoms with Crippen molar-refractivity contribution in [3.63, 3.8) is 0 Å². The molecule has 196 valence electrons. The van der Waals surface area contributed by atoms with Gasteiger partial charge in [0.05, 0.1) is 44.2 Å². The molecule has 0 saturated carbocycles. The number of fused-ring (bicyclic) bond motifs is 2. The number of amides is 1. The molecule has 3 heterocycles. The largest absolute Gasteiger partial charge is 0.496 e. The van der Waals surface area contributed by atoms with Gasteiger partial charge in [0.25, 0.3) is 5.91 Å². The average molecular weight is 533 g/mol. The molecule has 1 saturated heterocycles. The molecule has 0 N–H and O–H groups in total. The summed E-state index contributed by atoms with van der Waals surface area (Å²) in [5.74, 6) is 2.05. The normalized spacial score (nSPS) is 17.0. The third kappa shape index (κ3) is 4.63. The van der Waals surface area contributed by atoms with Crippen LogP contribution in [0.1, 0.15) is 22.3 Å². The summed E-state index contributed by atoms with van der Waals surface area (Å²) in [7, 11) is 3.10. The van der Waals surface area contributed by atoms with E-state index in [1.54, 1.807) is 48.7 Å². The number of methoxy groups -OCH3 is 2. The minimum Gasteiger partial charge on any atom is -0.496 e. The van der Waals surface area contributed by atoms with E-state index in [9.17, 15) is 4.79 Å².